The molecule has 0 spiro atoms. The number of rotatable bonds is 1. The number of hydrogen-bond donors (Lipinski definition) is 1. The van der Waals surface area contributed by atoms with Crippen molar-refractivity contribution in [1.29, 1.82) is 0 Å². The Kier molecular flexibility index (Phi) is 2.35. The Hall–Kier alpha value is -0.120. The van der Waals surface area contributed by atoms with E-state index >= 15 is 0 Å². The van der Waals surface area contributed by atoms with Crippen molar-refractivity contribution in [2.75, 3.05) is 26.2 Å². The Morgan fingerprint density at radius 3 is 2.17 bits per heavy atom. The van der Waals surface area contributed by atoms with E-state index in [9.17, 15) is 0 Å². The van der Waals surface area contributed by atoms with Gasteiger partial charge in [-0.25, -0.2) is 0 Å². The van der Waals surface area contributed by atoms with Gasteiger partial charge in [0, 0.05) is 32.2 Å². The number of morpholine rings is 1. The maximum Gasteiger partial charge on any atom is 0.0678 e. The van der Waals surface area contributed by atoms with Crippen molar-refractivity contribution in [2.45, 2.75) is 32.1 Å². The van der Waals surface area contributed by atoms with Crippen molar-refractivity contribution in [1.82, 2.24) is 10.2 Å². The van der Waals surface area contributed by atoms with Crippen LogP contribution in [0.15, 0.2) is 0 Å². The maximum absolute atomic E-state index is 5.67. The molecule has 2 atom stereocenters. The molecule has 0 aromatic carbocycles. The molecule has 0 aliphatic carbocycles. The predicted molar refractivity (Wildman–Crippen MR) is 48.2 cm³/mol. The molecule has 12 heavy (non-hydrogen) atoms. The molecule has 3 heteroatoms. The molecule has 0 saturated carbocycles. The molecule has 2 rings (SSSR count). The largest absolute Gasteiger partial charge is 0.373 e. The smallest absolute Gasteiger partial charge is 0.0678 e. The molecule has 2 aliphatic rings. The molecule has 0 aromatic heterocycles. The van der Waals surface area contributed by atoms with Gasteiger partial charge in [0.1, 0.15) is 0 Å². The van der Waals surface area contributed by atoms with Crippen LogP contribution < -0.4 is 5.32 Å². The van der Waals surface area contributed by atoms with Crippen LogP contribution in [0, 0.1) is 0 Å². The number of ether oxygens (including phenoxy) is 1. The summed E-state index contributed by atoms with van der Waals surface area (Å²) in [6.07, 6.45) is 0.823. The molecule has 70 valence electrons. The highest BCUT2D eigenvalue weighted by Gasteiger charge is 2.30. The van der Waals surface area contributed by atoms with Gasteiger partial charge in [-0.15, -0.1) is 0 Å². The van der Waals surface area contributed by atoms with E-state index in [1.165, 1.54) is 13.1 Å². The van der Waals surface area contributed by atoms with Gasteiger partial charge in [0.05, 0.1) is 12.2 Å². The Bertz CT molecular complexity index is 149. The lowest BCUT2D eigenvalue weighted by atomic mass is 10.1. The molecule has 0 amide bonds. The summed E-state index contributed by atoms with van der Waals surface area (Å²) in [4.78, 5) is 2.55. The highest BCUT2D eigenvalue weighted by molar-refractivity contribution is 4.88. The highest BCUT2D eigenvalue weighted by atomic mass is 16.5. The summed E-state index contributed by atoms with van der Waals surface area (Å²) >= 11 is 0. The van der Waals surface area contributed by atoms with Crippen molar-refractivity contribution in [3.05, 3.63) is 0 Å². The fraction of sp³-hybridized carbons (Fsp3) is 1.00. The van der Waals surface area contributed by atoms with Gasteiger partial charge in [-0.2, -0.15) is 0 Å². The molecule has 0 unspecified atom stereocenters. The fourth-order valence-corrected chi connectivity index (χ4v) is 2.05. The normalized spacial score (nSPS) is 39.5. The quantitative estimate of drug-likeness (QED) is 0.602. The first-order valence-corrected chi connectivity index (χ1v) is 4.86. The number of hydrogen-bond acceptors (Lipinski definition) is 3. The third-order valence-electron chi connectivity index (χ3n) is 2.72. The lowest BCUT2D eigenvalue weighted by molar-refractivity contribution is -0.0857. The molecule has 2 fully saturated rings. The Morgan fingerprint density at radius 2 is 1.75 bits per heavy atom. The second-order valence-electron chi connectivity index (χ2n) is 4.02. The second kappa shape index (κ2) is 3.32. The van der Waals surface area contributed by atoms with Crippen LogP contribution >= 0.6 is 0 Å². The first-order valence-electron chi connectivity index (χ1n) is 4.86. The third-order valence-corrected chi connectivity index (χ3v) is 2.72. The predicted octanol–water partition coefficient (Wildman–Crippen LogP) is 0.0674. The first kappa shape index (κ1) is 8.48. The standard InChI is InChI=1S/C9H18N2O/c1-7-5-11(6-8(2)12-7)9-3-10-4-9/h7-10H,3-6H2,1-2H3/t7-,8-/m1/s1. The van der Waals surface area contributed by atoms with Gasteiger partial charge in [-0.05, 0) is 13.8 Å². The van der Waals surface area contributed by atoms with Crippen LogP contribution in [0.4, 0.5) is 0 Å². The Balaban J connectivity index is 1.87. The van der Waals surface area contributed by atoms with E-state index in [1.54, 1.807) is 0 Å². The van der Waals surface area contributed by atoms with Gasteiger partial charge >= 0.3 is 0 Å². The molecule has 1 N–H and O–H groups in total. The van der Waals surface area contributed by atoms with E-state index in [2.05, 4.69) is 24.1 Å². The zero-order chi connectivity index (χ0) is 8.55. The van der Waals surface area contributed by atoms with Gasteiger partial charge < -0.3 is 10.1 Å². The summed E-state index contributed by atoms with van der Waals surface area (Å²) in [5.41, 5.74) is 0. The monoisotopic (exact) mass is 170 g/mol. The molecule has 2 saturated heterocycles. The van der Waals surface area contributed by atoms with Crippen LogP contribution in [-0.4, -0.2) is 49.3 Å². The van der Waals surface area contributed by atoms with Gasteiger partial charge in [0.25, 0.3) is 0 Å². The third kappa shape index (κ3) is 1.63. The van der Waals surface area contributed by atoms with Gasteiger partial charge in [-0.1, -0.05) is 0 Å². The average Bonchev–Trinajstić information content (AvgIpc) is 1.79. The van der Waals surface area contributed by atoms with Gasteiger partial charge in [0.2, 0.25) is 0 Å². The zero-order valence-electron chi connectivity index (χ0n) is 7.92. The first-order chi connectivity index (χ1) is 5.75. The van der Waals surface area contributed by atoms with Crippen LogP contribution in [0.2, 0.25) is 0 Å². The van der Waals surface area contributed by atoms with Crippen molar-refractivity contribution in [3.63, 3.8) is 0 Å². The molecule has 3 nitrogen and oxygen atoms in total. The minimum atomic E-state index is 0.411. The Morgan fingerprint density at radius 1 is 1.17 bits per heavy atom. The molecular formula is C9H18N2O. The SMILES string of the molecule is C[C@@H]1CN(C2CNC2)C[C@@H](C)O1. The lowest BCUT2D eigenvalue weighted by Gasteiger charge is -2.44. The molecule has 0 radical (unpaired) electrons. The number of nitrogens with one attached hydrogen (secondary N) is 1. The average molecular weight is 170 g/mol. The summed E-state index contributed by atoms with van der Waals surface area (Å²) in [6.45, 7) is 8.87. The Labute approximate surface area is 74.1 Å². The maximum atomic E-state index is 5.67. The number of nitrogens with zero attached hydrogens (tertiary/aromatic N) is 1. The van der Waals surface area contributed by atoms with Crippen molar-refractivity contribution < 1.29 is 4.74 Å². The zero-order valence-corrected chi connectivity index (χ0v) is 7.92. The lowest BCUT2D eigenvalue weighted by Crippen LogP contribution is -2.61. The summed E-state index contributed by atoms with van der Waals surface area (Å²) in [5, 5.41) is 3.31. The van der Waals surface area contributed by atoms with Crippen molar-refractivity contribution in [2.24, 2.45) is 0 Å². The summed E-state index contributed by atoms with van der Waals surface area (Å²) in [6, 6.07) is 0.777. The van der Waals surface area contributed by atoms with Crippen LogP contribution in [0.25, 0.3) is 0 Å². The highest BCUT2D eigenvalue weighted by Crippen LogP contribution is 2.15. The van der Waals surface area contributed by atoms with E-state index in [-0.39, 0.29) is 0 Å². The van der Waals surface area contributed by atoms with Crippen LogP contribution in [-0.2, 0) is 4.74 Å². The van der Waals surface area contributed by atoms with E-state index in [1.807, 2.05) is 0 Å². The van der Waals surface area contributed by atoms with E-state index in [4.69, 9.17) is 4.74 Å². The molecule has 2 aliphatic heterocycles. The summed E-state index contributed by atoms with van der Waals surface area (Å²) in [5.74, 6) is 0. The topological polar surface area (TPSA) is 24.5 Å². The molecule has 2 heterocycles. The van der Waals surface area contributed by atoms with Gasteiger partial charge in [-0.3, -0.25) is 4.90 Å². The van der Waals surface area contributed by atoms with E-state index in [0.29, 0.717) is 12.2 Å². The van der Waals surface area contributed by atoms with Crippen LogP contribution in [0.1, 0.15) is 13.8 Å². The van der Waals surface area contributed by atoms with Crippen LogP contribution in [0.3, 0.4) is 0 Å². The second-order valence-corrected chi connectivity index (χ2v) is 4.02. The molecule has 0 aromatic rings. The molecular weight excluding hydrogens is 152 g/mol. The summed E-state index contributed by atoms with van der Waals surface area (Å²) in [7, 11) is 0. The van der Waals surface area contributed by atoms with Gasteiger partial charge in [0.15, 0.2) is 0 Å². The minimum Gasteiger partial charge on any atom is -0.373 e. The fourth-order valence-electron chi connectivity index (χ4n) is 2.05. The molecule has 0 bridgehead atoms. The van der Waals surface area contributed by atoms with Crippen molar-refractivity contribution >= 4 is 0 Å². The van der Waals surface area contributed by atoms with Crippen molar-refractivity contribution in [3.8, 4) is 0 Å². The minimum absolute atomic E-state index is 0.411. The summed E-state index contributed by atoms with van der Waals surface area (Å²) < 4.78 is 5.67. The van der Waals surface area contributed by atoms with E-state index in [0.717, 1.165) is 19.1 Å². The van der Waals surface area contributed by atoms with E-state index < -0.39 is 0 Å². The van der Waals surface area contributed by atoms with Crippen LogP contribution in [0.5, 0.6) is 0 Å².